The lowest BCUT2D eigenvalue weighted by Gasteiger charge is -2.22. The number of fused-ring (bicyclic) bond motifs is 1. The number of nitrogens with one attached hydrogen (secondary N) is 1. The second-order valence-electron chi connectivity index (χ2n) is 6.42. The SMILES string of the molecule is CCCn1cc(CNC[C@@H]2CCCN2CC)c2ccccc21. The number of aromatic nitrogens is 1. The first-order chi connectivity index (χ1) is 10.8. The van der Waals surface area contributed by atoms with Crippen molar-refractivity contribution in [1.29, 1.82) is 0 Å². The van der Waals surface area contributed by atoms with Crippen LogP contribution < -0.4 is 5.32 Å². The minimum Gasteiger partial charge on any atom is -0.347 e. The molecule has 22 heavy (non-hydrogen) atoms. The van der Waals surface area contributed by atoms with E-state index in [0.29, 0.717) is 0 Å². The molecular formula is C19H29N3. The van der Waals surface area contributed by atoms with Crippen molar-refractivity contribution in [2.75, 3.05) is 19.6 Å². The summed E-state index contributed by atoms with van der Waals surface area (Å²) in [6.07, 6.45) is 6.22. The molecule has 1 aliphatic heterocycles. The lowest BCUT2D eigenvalue weighted by molar-refractivity contribution is 0.260. The van der Waals surface area contributed by atoms with Crippen molar-refractivity contribution >= 4 is 10.9 Å². The molecule has 1 fully saturated rings. The Morgan fingerprint density at radius 2 is 2.09 bits per heavy atom. The van der Waals surface area contributed by atoms with Gasteiger partial charge in [-0.25, -0.2) is 0 Å². The van der Waals surface area contributed by atoms with Crippen molar-refractivity contribution < 1.29 is 0 Å². The molecule has 1 saturated heterocycles. The zero-order chi connectivity index (χ0) is 15.4. The lowest BCUT2D eigenvalue weighted by Crippen LogP contribution is -2.37. The van der Waals surface area contributed by atoms with Gasteiger partial charge >= 0.3 is 0 Å². The van der Waals surface area contributed by atoms with E-state index in [4.69, 9.17) is 0 Å². The van der Waals surface area contributed by atoms with E-state index in [2.05, 4.69) is 59.1 Å². The molecule has 0 unspecified atom stereocenters. The molecule has 2 heterocycles. The van der Waals surface area contributed by atoms with Gasteiger partial charge in [-0.15, -0.1) is 0 Å². The van der Waals surface area contributed by atoms with Gasteiger partial charge in [-0.2, -0.15) is 0 Å². The third-order valence-electron chi connectivity index (χ3n) is 4.94. The first-order valence-electron chi connectivity index (χ1n) is 8.85. The number of hydrogen-bond acceptors (Lipinski definition) is 2. The fourth-order valence-corrected chi connectivity index (χ4v) is 3.81. The standard InChI is InChI=1S/C19H29N3/c1-3-11-22-15-16(18-9-5-6-10-19(18)22)13-20-14-17-8-7-12-21(17)4-2/h5-6,9-10,15,17,20H,3-4,7-8,11-14H2,1-2H3/t17-/m0/s1. The predicted molar refractivity (Wildman–Crippen MR) is 94.2 cm³/mol. The van der Waals surface area contributed by atoms with Crippen LogP contribution in [0.15, 0.2) is 30.5 Å². The Bertz CT molecular complexity index is 602. The monoisotopic (exact) mass is 299 g/mol. The lowest BCUT2D eigenvalue weighted by atomic mass is 10.1. The Labute approximate surface area is 134 Å². The van der Waals surface area contributed by atoms with Crippen LogP contribution in [0.3, 0.4) is 0 Å². The highest BCUT2D eigenvalue weighted by atomic mass is 15.2. The highest BCUT2D eigenvalue weighted by Gasteiger charge is 2.22. The highest BCUT2D eigenvalue weighted by molar-refractivity contribution is 5.83. The van der Waals surface area contributed by atoms with Gasteiger partial charge in [0, 0.05) is 42.8 Å². The Balaban J connectivity index is 1.66. The predicted octanol–water partition coefficient (Wildman–Crippen LogP) is 3.63. The molecule has 1 aliphatic rings. The maximum absolute atomic E-state index is 3.70. The molecule has 0 bridgehead atoms. The average molecular weight is 299 g/mol. The van der Waals surface area contributed by atoms with Crippen LogP contribution in [-0.4, -0.2) is 35.1 Å². The Hall–Kier alpha value is -1.32. The molecule has 3 rings (SSSR count). The van der Waals surface area contributed by atoms with Gasteiger partial charge in [-0.1, -0.05) is 32.0 Å². The maximum atomic E-state index is 3.70. The second-order valence-corrected chi connectivity index (χ2v) is 6.42. The third kappa shape index (κ3) is 3.21. The number of hydrogen-bond donors (Lipinski definition) is 1. The minimum absolute atomic E-state index is 0.731. The van der Waals surface area contributed by atoms with Gasteiger partial charge in [0.05, 0.1) is 0 Å². The van der Waals surface area contributed by atoms with Crippen molar-refractivity contribution in [2.24, 2.45) is 0 Å². The summed E-state index contributed by atoms with van der Waals surface area (Å²) >= 11 is 0. The molecule has 0 spiro atoms. The molecule has 1 aromatic heterocycles. The topological polar surface area (TPSA) is 20.2 Å². The molecule has 1 atom stereocenters. The number of nitrogens with zero attached hydrogens (tertiary/aromatic N) is 2. The molecular weight excluding hydrogens is 270 g/mol. The summed E-state index contributed by atoms with van der Waals surface area (Å²) in [5.41, 5.74) is 2.81. The summed E-state index contributed by atoms with van der Waals surface area (Å²) in [4.78, 5) is 2.60. The smallest absolute Gasteiger partial charge is 0.0483 e. The molecule has 0 radical (unpaired) electrons. The van der Waals surface area contributed by atoms with Crippen LogP contribution in [0.2, 0.25) is 0 Å². The summed E-state index contributed by atoms with van der Waals surface area (Å²) in [5.74, 6) is 0. The van der Waals surface area contributed by atoms with Crippen molar-refractivity contribution in [2.45, 2.75) is 52.2 Å². The number of benzene rings is 1. The van der Waals surface area contributed by atoms with E-state index in [1.54, 1.807) is 0 Å². The Morgan fingerprint density at radius 3 is 2.91 bits per heavy atom. The van der Waals surface area contributed by atoms with E-state index in [-0.39, 0.29) is 0 Å². The number of likely N-dealkylation sites (N-methyl/N-ethyl adjacent to an activating group) is 1. The first-order valence-corrected chi connectivity index (χ1v) is 8.85. The van der Waals surface area contributed by atoms with E-state index in [9.17, 15) is 0 Å². The van der Waals surface area contributed by atoms with E-state index < -0.39 is 0 Å². The molecule has 2 aromatic rings. The van der Waals surface area contributed by atoms with Gasteiger partial charge < -0.3 is 9.88 Å². The van der Waals surface area contributed by atoms with Gasteiger partial charge in [0.25, 0.3) is 0 Å². The zero-order valence-corrected chi connectivity index (χ0v) is 14.0. The van der Waals surface area contributed by atoms with E-state index in [0.717, 1.165) is 25.7 Å². The van der Waals surface area contributed by atoms with Gasteiger partial charge in [0.2, 0.25) is 0 Å². The first kappa shape index (κ1) is 15.6. The van der Waals surface area contributed by atoms with Crippen LogP contribution in [0.5, 0.6) is 0 Å². The van der Waals surface area contributed by atoms with Crippen LogP contribution in [0.1, 0.15) is 38.7 Å². The van der Waals surface area contributed by atoms with Crippen LogP contribution in [0.4, 0.5) is 0 Å². The highest BCUT2D eigenvalue weighted by Crippen LogP contribution is 2.22. The van der Waals surface area contributed by atoms with Crippen molar-refractivity contribution in [3.05, 3.63) is 36.0 Å². The maximum Gasteiger partial charge on any atom is 0.0483 e. The third-order valence-corrected chi connectivity index (χ3v) is 4.94. The van der Waals surface area contributed by atoms with Gasteiger partial charge in [-0.3, -0.25) is 4.90 Å². The minimum atomic E-state index is 0.731. The summed E-state index contributed by atoms with van der Waals surface area (Å²) in [6, 6.07) is 9.52. The second kappa shape index (κ2) is 7.30. The number of aryl methyl sites for hydroxylation is 1. The van der Waals surface area contributed by atoms with Crippen LogP contribution in [0.25, 0.3) is 10.9 Å². The van der Waals surface area contributed by atoms with Crippen molar-refractivity contribution in [1.82, 2.24) is 14.8 Å². The van der Waals surface area contributed by atoms with E-state index >= 15 is 0 Å². The van der Waals surface area contributed by atoms with Crippen LogP contribution in [-0.2, 0) is 13.1 Å². The summed E-state index contributed by atoms with van der Waals surface area (Å²) < 4.78 is 2.40. The summed E-state index contributed by atoms with van der Waals surface area (Å²) in [7, 11) is 0. The quantitative estimate of drug-likeness (QED) is 0.842. The molecule has 3 nitrogen and oxygen atoms in total. The summed E-state index contributed by atoms with van der Waals surface area (Å²) in [6.45, 7) is 10.2. The van der Waals surface area contributed by atoms with Crippen LogP contribution >= 0.6 is 0 Å². The largest absolute Gasteiger partial charge is 0.347 e. The van der Waals surface area contributed by atoms with Gasteiger partial charge in [0.1, 0.15) is 0 Å². The number of rotatable bonds is 7. The normalized spacial score (nSPS) is 19.3. The molecule has 0 saturated carbocycles. The zero-order valence-electron chi connectivity index (χ0n) is 14.0. The molecule has 1 aromatic carbocycles. The molecule has 0 aliphatic carbocycles. The average Bonchev–Trinajstić information content (AvgIpc) is 3.13. The fraction of sp³-hybridized carbons (Fsp3) is 0.579. The van der Waals surface area contributed by atoms with E-state index in [1.807, 2.05) is 0 Å². The number of para-hydroxylation sites is 1. The Kier molecular flexibility index (Phi) is 5.16. The Morgan fingerprint density at radius 1 is 1.23 bits per heavy atom. The van der Waals surface area contributed by atoms with Gasteiger partial charge in [0.15, 0.2) is 0 Å². The van der Waals surface area contributed by atoms with Crippen LogP contribution in [0, 0.1) is 0 Å². The van der Waals surface area contributed by atoms with Crippen molar-refractivity contribution in [3.63, 3.8) is 0 Å². The molecule has 1 N–H and O–H groups in total. The number of likely N-dealkylation sites (tertiary alicyclic amines) is 1. The van der Waals surface area contributed by atoms with E-state index in [1.165, 1.54) is 48.8 Å². The molecule has 0 amide bonds. The van der Waals surface area contributed by atoms with Gasteiger partial charge in [-0.05, 0) is 44.0 Å². The van der Waals surface area contributed by atoms with Crippen molar-refractivity contribution in [3.8, 4) is 0 Å². The summed E-state index contributed by atoms with van der Waals surface area (Å²) in [5, 5.41) is 5.11. The fourth-order valence-electron chi connectivity index (χ4n) is 3.81. The molecule has 120 valence electrons. The molecule has 3 heteroatoms.